The van der Waals surface area contributed by atoms with Gasteiger partial charge in [-0.15, -0.1) is 0 Å². The summed E-state index contributed by atoms with van der Waals surface area (Å²) in [6.45, 7) is 0. The Labute approximate surface area is 97.4 Å². The molecule has 82 valence electrons. The van der Waals surface area contributed by atoms with Gasteiger partial charge in [0.2, 0.25) is 0 Å². The molecule has 0 N–H and O–H groups in total. The lowest BCUT2D eigenvalue weighted by Crippen LogP contribution is -1.87. The van der Waals surface area contributed by atoms with Gasteiger partial charge in [-0.1, -0.05) is 36.4 Å². The maximum absolute atomic E-state index is 10.7. The molecule has 3 rings (SSSR count). The number of rotatable bonds is 1. The van der Waals surface area contributed by atoms with Gasteiger partial charge in [0.25, 0.3) is 5.69 Å². The molecule has 0 spiro atoms. The molecule has 0 aliphatic heterocycles. The van der Waals surface area contributed by atoms with Gasteiger partial charge in [0.05, 0.1) is 4.92 Å². The zero-order valence-corrected chi connectivity index (χ0v) is 8.96. The van der Waals surface area contributed by atoms with Gasteiger partial charge in [-0.3, -0.25) is 10.1 Å². The Morgan fingerprint density at radius 2 is 1.53 bits per heavy atom. The Morgan fingerprint density at radius 3 is 2.35 bits per heavy atom. The summed E-state index contributed by atoms with van der Waals surface area (Å²) in [5, 5.41) is 14.9. The van der Waals surface area contributed by atoms with Crippen LogP contribution in [0.3, 0.4) is 0 Å². The zero-order valence-electron chi connectivity index (χ0n) is 8.96. The van der Waals surface area contributed by atoms with E-state index in [1.807, 2.05) is 42.5 Å². The number of non-ortho nitro benzene ring substituents is 1. The third-order valence-corrected chi connectivity index (χ3v) is 2.94. The van der Waals surface area contributed by atoms with Crippen LogP contribution < -0.4 is 0 Å². The maximum atomic E-state index is 10.7. The van der Waals surface area contributed by atoms with Crippen molar-refractivity contribution in [1.29, 1.82) is 0 Å². The standard InChI is InChI=1S/C14H9NO2/c16-15(17)12-7-8-14-11(9-12)6-5-10-3-1-2-4-13(10)14/h1-9H. The summed E-state index contributed by atoms with van der Waals surface area (Å²) in [5.74, 6) is 0. The van der Waals surface area contributed by atoms with E-state index in [4.69, 9.17) is 0 Å². The number of hydrogen-bond acceptors (Lipinski definition) is 2. The Balaban J connectivity index is 2.41. The molecular weight excluding hydrogens is 214 g/mol. The van der Waals surface area contributed by atoms with Crippen LogP contribution in [0, 0.1) is 10.1 Å². The van der Waals surface area contributed by atoms with Crippen molar-refractivity contribution in [3.05, 3.63) is 64.7 Å². The van der Waals surface area contributed by atoms with Crippen LogP contribution in [0.1, 0.15) is 0 Å². The number of benzene rings is 3. The molecule has 0 aliphatic rings. The molecular formula is C14H9NO2. The summed E-state index contributed by atoms with van der Waals surface area (Å²) in [4.78, 5) is 10.3. The molecule has 3 heteroatoms. The van der Waals surface area contributed by atoms with Gasteiger partial charge in [-0.2, -0.15) is 0 Å². The van der Waals surface area contributed by atoms with E-state index in [-0.39, 0.29) is 10.6 Å². The molecule has 0 radical (unpaired) electrons. The normalized spacial score (nSPS) is 10.8. The first kappa shape index (κ1) is 9.78. The fourth-order valence-electron chi connectivity index (χ4n) is 2.11. The number of nitro benzene ring substituents is 1. The molecule has 0 heterocycles. The fraction of sp³-hybridized carbons (Fsp3) is 0. The van der Waals surface area contributed by atoms with E-state index < -0.39 is 0 Å². The third-order valence-electron chi connectivity index (χ3n) is 2.94. The van der Waals surface area contributed by atoms with Crippen molar-refractivity contribution in [2.45, 2.75) is 0 Å². The predicted molar refractivity (Wildman–Crippen MR) is 68.1 cm³/mol. The van der Waals surface area contributed by atoms with Crippen LogP contribution >= 0.6 is 0 Å². The van der Waals surface area contributed by atoms with E-state index in [9.17, 15) is 10.1 Å². The molecule has 0 fully saturated rings. The average molecular weight is 223 g/mol. The maximum Gasteiger partial charge on any atom is 0.270 e. The van der Waals surface area contributed by atoms with Crippen LogP contribution in [0.4, 0.5) is 5.69 Å². The highest BCUT2D eigenvalue weighted by molar-refractivity contribution is 6.07. The highest BCUT2D eigenvalue weighted by atomic mass is 16.6. The topological polar surface area (TPSA) is 43.1 Å². The fourth-order valence-corrected chi connectivity index (χ4v) is 2.11. The molecule has 0 amide bonds. The van der Waals surface area contributed by atoms with Crippen molar-refractivity contribution in [3.63, 3.8) is 0 Å². The van der Waals surface area contributed by atoms with Gasteiger partial charge < -0.3 is 0 Å². The Kier molecular flexibility index (Phi) is 2.05. The van der Waals surface area contributed by atoms with Crippen molar-refractivity contribution in [2.75, 3.05) is 0 Å². The number of nitro groups is 1. The minimum Gasteiger partial charge on any atom is -0.258 e. The van der Waals surface area contributed by atoms with Crippen molar-refractivity contribution in [3.8, 4) is 0 Å². The quantitative estimate of drug-likeness (QED) is 0.356. The second-order valence-corrected chi connectivity index (χ2v) is 3.95. The van der Waals surface area contributed by atoms with Crippen LogP contribution in [0.5, 0.6) is 0 Å². The molecule has 0 aromatic heterocycles. The minimum absolute atomic E-state index is 0.132. The Hall–Kier alpha value is -2.42. The Morgan fingerprint density at radius 1 is 0.824 bits per heavy atom. The summed E-state index contributed by atoms with van der Waals surface area (Å²) < 4.78 is 0. The minimum atomic E-state index is -0.366. The van der Waals surface area contributed by atoms with Crippen molar-refractivity contribution in [1.82, 2.24) is 0 Å². The van der Waals surface area contributed by atoms with E-state index in [2.05, 4.69) is 0 Å². The van der Waals surface area contributed by atoms with Crippen LogP contribution in [0.25, 0.3) is 21.5 Å². The van der Waals surface area contributed by atoms with Crippen LogP contribution in [-0.4, -0.2) is 4.92 Å². The molecule has 0 bridgehead atoms. The summed E-state index contributed by atoms with van der Waals surface area (Å²) in [6.07, 6.45) is 0. The molecule has 0 aliphatic carbocycles. The molecule has 3 aromatic carbocycles. The number of hydrogen-bond donors (Lipinski definition) is 0. The van der Waals surface area contributed by atoms with Crippen molar-refractivity contribution in [2.24, 2.45) is 0 Å². The largest absolute Gasteiger partial charge is 0.270 e. The lowest BCUT2D eigenvalue weighted by atomic mass is 10.0. The smallest absolute Gasteiger partial charge is 0.258 e. The van der Waals surface area contributed by atoms with E-state index >= 15 is 0 Å². The van der Waals surface area contributed by atoms with Gasteiger partial charge in [-0.25, -0.2) is 0 Å². The number of nitrogens with zero attached hydrogens (tertiary/aromatic N) is 1. The molecule has 3 nitrogen and oxygen atoms in total. The first-order valence-electron chi connectivity index (χ1n) is 5.31. The van der Waals surface area contributed by atoms with Crippen LogP contribution in [-0.2, 0) is 0 Å². The van der Waals surface area contributed by atoms with Gasteiger partial charge >= 0.3 is 0 Å². The second-order valence-electron chi connectivity index (χ2n) is 3.95. The average Bonchev–Trinajstić information content (AvgIpc) is 2.38. The molecule has 3 aromatic rings. The molecule has 0 saturated heterocycles. The Bertz CT molecular complexity index is 734. The summed E-state index contributed by atoms with van der Waals surface area (Å²) in [5.41, 5.74) is 0.132. The highest BCUT2D eigenvalue weighted by Crippen LogP contribution is 2.27. The predicted octanol–water partition coefficient (Wildman–Crippen LogP) is 3.90. The van der Waals surface area contributed by atoms with Gasteiger partial charge in [0, 0.05) is 12.1 Å². The first-order valence-corrected chi connectivity index (χ1v) is 5.31. The van der Waals surface area contributed by atoms with Crippen molar-refractivity contribution >= 4 is 27.2 Å². The van der Waals surface area contributed by atoms with E-state index in [0.717, 1.165) is 21.5 Å². The van der Waals surface area contributed by atoms with Crippen LogP contribution in [0.2, 0.25) is 0 Å². The first-order chi connectivity index (χ1) is 8.25. The SMILES string of the molecule is O=[N+]([O-])c1ccc2c(ccc3ccccc32)c1. The molecule has 0 saturated carbocycles. The molecule has 0 atom stereocenters. The highest BCUT2D eigenvalue weighted by Gasteiger charge is 2.07. The van der Waals surface area contributed by atoms with E-state index in [1.165, 1.54) is 0 Å². The van der Waals surface area contributed by atoms with Crippen molar-refractivity contribution < 1.29 is 4.92 Å². The van der Waals surface area contributed by atoms with Gasteiger partial charge in [0.1, 0.15) is 0 Å². The van der Waals surface area contributed by atoms with Gasteiger partial charge in [0.15, 0.2) is 0 Å². The number of fused-ring (bicyclic) bond motifs is 3. The lowest BCUT2D eigenvalue weighted by Gasteiger charge is -2.03. The second kappa shape index (κ2) is 3.56. The van der Waals surface area contributed by atoms with Crippen LogP contribution in [0.15, 0.2) is 54.6 Å². The zero-order chi connectivity index (χ0) is 11.8. The molecule has 0 unspecified atom stereocenters. The third kappa shape index (κ3) is 1.52. The summed E-state index contributed by atoms with van der Waals surface area (Å²) in [7, 11) is 0. The lowest BCUT2D eigenvalue weighted by molar-refractivity contribution is -0.384. The summed E-state index contributed by atoms with van der Waals surface area (Å²) >= 11 is 0. The van der Waals surface area contributed by atoms with E-state index in [1.54, 1.807) is 12.1 Å². The monoisotopic (exact) mass is 223 g/mol. The molecule has 17 heavy (non-hydrogen) atoms. The van der Waals surface area contributed by atoms with Gasteiger partial charge in [-0.05, 0) is 27.6 Å². The summed E-state index contributed by atoms with van der Waals surface area (Å²) in [6, 6.07) is 16.9. The van der Waals surface area contributed by atoms with E-state index in [0.29, 0.717) is 0 Å².